The zero-order valence-corrected chi connectivity index (χ0v) is 14.4. The minimum atomic E-state index is 0.685. The summed E-state index contributed by atoms with van der Waals surface area (Å²) in [6.07, 6.45) is 3.68. The number of rotatable bonds is 2. The van der Waals surface area contributed by atoms with Crippen molar-refractivity contribution in [3.05, 3.63) is 60.0 Å². The molecule has 26 heavy (non-hydrogen) atoms. The third-order valence-corrected chi connectivity index (χ3v) is 4.84. The summed E-state index contributed by atoms with van der Waals surface area (Å²) in [6.45, 7) is 3.95. The van der Waals surface area contributed by atoms with E-state index in [-0.39, 0.29) is 0 Å². The van der Waals surface area contributed by atoms with Gasteiger partial charge in [-0.15, -0.1) is 0 Å². The van der Waals surface area contributed by atoms with Gasteiger partial charge in [0.1, 0.15) is 11.5 Å². The second kappa shape index (κ2) is 6.38. The highest BCUT2D eigenvalue weighted by Gasteiger charge is 2.18. The van der Waals surface area contributed by atoms with Gasteiger partial charge in [-0.3, -0.25) is 9.98 Å². The first kappa shape index (κ1) is 15.3. The number of hydrogen-bond donors (Lipinski definition) is 1. The zero-order chi connectivity index (χ0) is 17.3. The van der Waals surface area contributed by atoms with Gasteiger partial charge in [-0.2, -0.15) is 0 Å². The van der Waals surface area contributed by atoms with Gasteiger partial charge in [0.15, 0.2) is 5.84 Å². The average Bonchev–Trinajstić information content (AvgIpc) is 3.11. The Hall–Kier alpha value is -2.99. The maximum Gasteiger partial charge on any atom is 0.152 e. The molecule has 5 rings (SSSR count). The number of aromatic nitrogens is 2. The van der Waals surface area contributed by atoms with E-state index in [2.05, 4.69) is 49.4 Å². The number of ether oxygens (including phenoxy) is 1. The maximum atomic E-state index is 5.46. The summed E-state index contributed by atoms with van der Waals surface area (Å²) in [7, 11) is 0. The number of morpholine rings is 1. The van der Waals surface area contributed by atoms with Gasteiger partial charge in [0.25, 0.3) is 0 Å². The van der Waals surface area contributed by atoms with E-state index in [0.717, 1.165) is 65.7 Å². The van der Waals surface area contributed by atoms with Crippen LogP contribution in [0.1, 0.15) is 11.3 Å². The van der Waals surface area contributed by atoms with Crippen molar-refractivity contribution in [1.29, 1.82) is 0 Å². The van der Waals surface area contributed by atoms with Gasteiger partial charge < -0.3 is 15.0 Å². The summed E-state index contributed by atoms with van der Waals surface area (Å²) < 4.78 is 5.46. The van der Waals surface area contributed by atoms with Gasteiger partial charge in [-0.1, -0.05) is 6.07 Å². The molecule has 2 aliphatic heterocycles. The molecule has 1 aromatic carbocycles. The Bertz CT molecular complexity index is 994. The lowest BCUT2D eigenvalue weighted by Crippen LogP contribution is -2.36. The number of pyridine rings is 2. The number of hydrogen-bond acceptors (Lipinski definition) is 6. The van der Waals surface area contributed by atoms with Gasteiger partial charge in [-0.25, -0.2) is 4.98 Å². The molecule has 0 spiro atoms. The van der Waals surface area contributed by atoms with Gasteiger partial charge in [0.05, 0.1) is 19.8 Å². The first-order chi connectivity index (χ1) is 12.9. The minimum Gasteiger partial charge on any atom is -0.378 e. The summed E-state index contributed by atoms with van der Waals surface area (Å²) in [5.74, 6) is 1.87. The second-order valence-corrected chi connectivity index (χ2v) is 6.47. The Morgan fingerprint density at radius 3 is 2.85 bits per heavy atom. The highest BCUT2D eigenvalue weighted by atomic mass is 16.5. The molecule has 0 bridgehead atoms. The number of amidine groups is 1. The van der Waals surface area contributed by atoms with Crippen LogP contribution in [0.5, 0.6) is 0 Å². The molecule has 0 aliphatic carbocycles. The third kappa shape index (κ3) is 2.68. The number of aliphatic imine (C=N–C) groups is 1. The van der Waals surface area contributed by atoms with Crippen molar-refractivity contribution in [3.63, 3.8) is 0 Å². The molecular weight excluding hydrogens is 326 g/mol. The van der Waals surface area contributed by atoms with E-state index < -0.39 is 0 Å². The first-order valence-electron chi connectivity index (χ1n) is 8.86. The van der Waals surface area contributed by atoms with E-state index in [1.807, 2.05) is 24.5 Å². The van der Waals surface area contributed by atoms with Crippen LogP contribution in [0.4, 0.5) is 11.5 Å². The molecular formula is C20H19N5O. The summed E-state index contributed by atoms with van der Waals surface area (Å²) in [4.78, 5) is 15.9. The Balaban J connectivity index is 1.46. The zero-order valence-electron chi connectivity index (χ0n) is 14.4. The van der Waals surface area contributed by atoms with Gasteiger partial charge in [0, 0.05) is 42.1 Å². The van der Waals surface area contributed by atoms with Crippen LogP contribution in [-0.2, 0) is 11.3 Å². The SMILES string of the molecule is c1cnc2c(c1)CN=C2Nc1ccc2c(N3CCOCC3)nccc2c1. The number of nitrogens with one attached hydrogen (secondary N) is 1. The molecule has 3 aromatic rings. The topological polar surface area (TPSA) is 62.6 Å². The fraction of sp³-hybridized carbons (Fsp3) is 0.250. The molecule has 0 amide bonds. The molecule has 6 nitrogen and oxygen atoms in total. The van der Waals surface area contributed by atoms with Gasteiger partial charge in [0.2, 0.25) is 0 Å². The van der Waals surface area contributed by atoms with Crippen LogP contribution >= 0.6 is 0 Å². The van der Waals surface area contributed by atoms with Crippen LogP contribution in [0.25, 0.3) is 10.8 Å². The lowest BCUT2D eigenvalue weighted by Gasteiger charge is -2.28. The Morgan fingerprint density at radius 1 is 1.00 bits per heavy atom. The Kier molecular flexibility index (Phi) is 3.75. The summed E-state index contributed by atoms with van der Waals surface area (Å²) in [5, 5.41) is 5.74. The molecule has 0 saturated carbocycles. The maximum absolute atomic E-state index is 5.46. The van der Waals surface area contributed by atoms with E-state index in [1.165, 1.54) is 0 Å². The van der Waals surface area contributed by atoms with Crippen LogP contribution in [0, 0.1) is 0 Å². The Labute approximate surface area is 151 Å². The monoisotopic (exact) mass is 345 g/mol. The molecule has 0 atom stereocenters. The van der Waals surface area contributed by atoms with Crippen LogP contribution in [0.3, 0.4) is 0 Å². The van der Waals surface area contributed by atoms with Crippen molar-refractivity contribution in [2.45, 2.75) is 6.54 Å². The predicted octanol–water partition coefficient (Wildman–Crippen LogP) is 2.84. The molecule has 2 aromatic heterocycles. The highest BCUT2D eigenvalue weighted by Crippen LogP contribution is 2.28. The van der Waals surface area contributed by atoms with Crippen molar-refractivity contribution in [2.75, 3.05) is 36.5 Å². The van der Waals surface area contributed by atoms with Crippen molar-refractivity contribution in [2.24, 2.45) is 4.99 Å². The predicted molar refractivity (Wildman–Crippen MR) is 103 cm³/mol. The van der Waals surface area contributed by atoms with E-state index in [1.54, 1.807) is 0 Å². The summed E-state index contributed by atoms with van der Waals surface area (Å²) >= 11 is 0. The number of fused-ring (bicyclic) bond motifs is 2. The van der Waals surface area contributed by atoms with Gasteiger partial charge in [-0.05, 0) is 35.7 Å². The number of nitrogens with zero attached hydrogens (tertiary/aromatic N) is 4. The van der Waals surface area contributed by atoms with E-state index in [9.17, 15) is 0 Å². The highest BCUT2D eigenvalue weighted by molar-refractivity contribution is 6.10. The molecule has 0 unspecified atom stereocenters. The van der Waals surface area contributed by atoms with Crippen LogP contribution in [0.15, 0.2) is 53.8 Å². The molecule has 130 valence electrons. The largest absolute Gasteiger partial charge is 0.378 e. The van der Waals surface area contributed by atoms with Crippen molar-refractivity contribution in [3.8, 4) is 0 Å². The molecule has 1 fully saturated rings. The van der Waals surface area contributed by atoms with Crippen molar-refractivity contribution < 1.29 is 4.74 Å². The van der Waals surface area contributed by atoms with Crippen molar-refractivity contribution >= 4 is 28.1 Å². The summed E-state index contributed by atoms with van der Waals surface area (Å²) in [6, 6.07) is 12.4. The number of benzene rings is 1. The van der Waals surface area contributed by atoms with Crippen LogP contribution < -0.4 is 10.2 Å². The fourth-order valence-corrected chi connectivity index (χ4v) is 3.52. The quantitative estimate of drug-likeness (QED) is 0.774. The molecule has 1 N–H and O–H groups in total. The Morgan fingerprint density at radius 2 is 1.92 bits per heavy atom. The first-order valence-corrected chi connectivity index (χ1v) is 8.86. The minimum absolute atomic E-state index is 0.685. The molecule has 6 heteroatoms. The van der Waals surface area contributed by atoms with Gasteiger partial charge >= 0.3 is 0 Å². The third-order valence-electron chi connectivity index (χ3n) is 4.84. The number of anilines is 2. The molecule has 4 heterocycles. The standard InChI is InChI=1S/C20H19N5O/c1-2-15-13-23-19(18(15)21-6-1)24-16-3-4-17-14(12-16)5-7-22-20(17)25-8-10-26-11-9-25/h1-7,12H,8-11,13H2,(H,23,24). The van der Waals surface area contributed by atoms with E-state index >= 15 is 0 Å². The van der Waals surface area contributed by atoms with Crippen LogP contribution in [0.2, 0.25) is 0 Å². The average molecular weight is 345 g/mol. The second-order valence-electron chi connectivity index (χ2n) is 6.47. The summed E-state index contributed by atoms with van der Waals surface area (Å²) in [5.41, 5.74) is 3.11. The lowest BCUT2D eigenvalue weighted by atomic mass is 10.1. The molecule has 0 radical (unpaired) electrons. The molecule has 1 saturated heterocycles. The fourth-order valence-electron chi connectivity index (χ4n) is 3.52. The van der Waals surface area contributed by atoms with Crippen LogP contribution in [-0.4, -0.2) is 42.1 Å². The smallest absolute Gasteiger partial charge is 0.152 e. The molecule has 2 aliphatic rings. The normalized spacial score (nSPS) is 16.5. The van der Waals surface area contributed by atoms with E-state index in [0.29, 0.717) is 6.54 Å². The van der Waals surface area contributed by atoms with E-state index in [4.69, 9.17) is 4.74 Å². The van der Waals surface area contributed by atoms with Crippen molar-refractivity contribution in [1.82, 2.24) is 9.97 Å². The lowest BCUT2D eigenvalue weighted by molar-refractivity contribution is 0.122.